The van der Waals surface area contributed by atoms with Crippen LogP contribution < -0.4 is 10.1 Å². The molecule has 1 aliphatic heterocycles. The number of nitrogens with one attached hydrogen (secondary N) is 1. The van der Waals surface area contributed by atoms with Gasteiger partial charge in [0, 0.05) is 26.1 Å². The Labute approximate surface area is 149 Å². The average molecular weight is 344 g/mol. The largest absolute Gasteiger partial charge is 0.493 e. The van der Waals surface area contributed by atoms with Crippen LogP contribution in [0.4, 0.5) is 0 Å². The molecule has 2 amide bonds. The summed E-state index contributed by atoms with van der Waals surface area (Å²) < 4.78 is 5.82. The molecule has 2 fully saturated rings. The highest BCUT2D eigenvalue weighted by Crippen LogP contribution is 2.38. The molecular formula is C20H28N2O3. The van der Waals surface area contributed by atoms with Gasteiger partial charge in [-0.2, -0.15) is 0 Å². The Bertz CT molecular complexity index is 631. The van der Waals surface area contributed by atoms with E-state index in [1.807, 2.05) is 36.2 Å². The molecule has 3 rings (SSSR count). The van der Waals surface area contributed by atoms with Crippen LogP contribution in [-0.2, 0) is 4.79 Å². The van der Waals surface area contributed by atoms with Crippen LogP contribution in [0.3, 0.4) is 0 Å². The standard InChI is InChI=1S/C20H28N2O3/c1-3-4-9-25-18-8-6-5-7-17(18)20(24)22(2)16-10-14-12-19(23)21-13-15(14)11-16/h5-8,14-16H,3-4,9-13H2,1-2H3,(H,21,23)/t14-,15+,16-/m1/s1. The molecule has 0 aromatic heterocycles. The van der Waals surface area contributed by atoms with E-state index in [2.05, 4.69) is 12.2 Å². The Morgan fingerprint density at radius 2 is 2.04 bits per heavy atom. The van der Waals surface area contributed by atoms with Crippen LogP contribution in [-0.4, -0.2) is 43.0 Å². The first-order valence-corrected chi connectivity index (χ1v) is 9.35. The van der Waals surface area contributed by atoms with Crippen LogP contribution >= 0.6 is 0 Å². The summed E-state index contributed by atoms with van der Waals surface area (Å²) in [5.41, 5.74) is 0.630. The van der Waals surface area contributed by atoms with Gasteiger partial charge in [0.25, 0.3) is 5.91 Å². The van der Waals surface area contributed by atoms with Crippen LogP contribution in [0.25, 0.3) is 0 Å². The van der Waals surface area contributed by atoms with Crippen molar-refractivity contribution in [3.8, 4) is 5.75 Å². The Morgan fingerprint density at radius 3 is 2.84 bits per heavy atom. The predicted octanol–water partition coefficient (Wildman–Crippen LogP) is 2.85. The van der Waals surface area contributed by atoms with Crippen molar-refractivity contribution in [2.24, 2.45) is 11.8 Å². The topological polar surface area (TPSA) is 58.6 Å². The van der Waals surface area contributed by atoms with Crippen LogP contribution in [0.15, 0.2) is 24.3 Å². The molecule has 0 unspecified atom stereocenters. The summed E-state index contributed by atoms with van der Waals surface area (Å²) in [4.78, 5) is 26.5. The molecule has 3 atom stereocenters. The zero-order valence-electron chi connectivity index (χ0n) is 15.2. The SMILES string of the molecule is CCCCOc1ccccc1C(=O)N(C)[C@H]1C[C@H]2CNC(=O)C[C@H]2C1. The molecule has 1 saturated heterocycles. The summed E-state index contributed by atoms with van der Waals surface area (Å²) in [5, 5.41) is 2.95. The van der Waals surface area contributed by atoms with Crippen LogP contribution in [0.2, 0.25) is 0 Å². The monoisotopic (exact) mass is 344 g/mol. The zero-order chi connectivity index (χ0) is 17.8. The number of benzene rings is 1. The van der Waals surface area contributed by atoms with Crippen molar-refractivity contribution in [1.29, 1.82) is 0 Å². The fraction of sp³-hybridized carbons (Fsp3) is 0.600. The van der Waals surface area contributed by atoms with E-state index in [4.69, 9.17) is 4.74 Å². The van der Waals surface area contributed by atoms with Crippen LogP contribution in [0, 0.1) is 11.8 Å². The van der Waals surface area contributed by atoms with Crippen molar-refractivity contribution in [2.45, 2.75) is 45.1 Å². The van der Waals surface area contributed by atoms with Crippen molar-refractivity contribution in [3.63, 3.8) is 0 Å². The lowest BCUT2D eigenvalue weighted by Gasteiger charge is -2.25. The molecule has 1 aromatic rings. The van der Waals surface area contributed by atoms with Gasteiger partial charge in [0.1, 0.15) is 5.75 Å². The zero-order valence-corrected chi connectivity index (χ0v) is 15.2. The summed E-state index contributed by atoms with van der Waals surface area (Å²) in [6, 6.07) is 7.68. The molecule has 5 nitrogen and oxygen atoms in total. The maximum atomic E-state index is 13.0. The molecule has 1 N–H and O–H groups in total. The average Bonchev–Trinajstić information content (AvgIpc) is 3.04. The number of para-hydroxylation sites is 1. The number of carbonyl (C=O) groups excluding carboxylic acids is 2. The Balaban J connectivity index is 1.68. The maximum Gasteiger partial charge on any atom is 0.257 e. The van der Waals surface area contributed by atoms with Gasteiger partial charge in [0.05, 0.1) is 12.2 Å². The summed E-state index contributed by atoms with van der Waals surface area (Å²) in [5.74, 6) is 1.72. The van der Waals surface area contributed by atoms with E-state index in [1.54, 1.807) is 0 Å². The molecule has 0 bridgehead atoms. The summed E-state index contributed by atoms with van der Waals surface area (Å²) in [6.45, 7) is 3.50. The fourth-order valence-corrected chi connectivity index (χ4v) is 4.00. The van der Waals surface area contributed by atoms with Gasteiger partial charge in [-0.05, 0) is 43.2 Å². The van der Waals surface area contributed by atoms with Crippen molar-refractivity contribution < 1.29 is 14.3 Å². The molecule has 136 valence electrons. The minimum atomic E-state index is 0.00929. The molecule has 5 heteroatoms. The highest BCUT2D eigenvalue weighted by atomic mass is 16.5. The fourth-order valence-electron chi connectivity index (χ4n) is 4.00. The van der Waals surface area contributed by atoms with Crippen molar-refractivity contribution in [3.05, 3.63) is 29.8 Å². The molecule has 1 saturated carbocycles. The highest BCUT2D eigenvalue weighted by molar-refractivity contribution is 5.97. The lowest BCUT2D eigenvalue weighted by molar-refractivity contribution is -0.124. The minimum absolute atomic E-state index is 0.00929. The molecule has 0 spiro atoms. The normalized spacial score (nSPS) is 25.2. The predicted molar refractivity (Wildman–Crippen MR) is 96.6 cm³/mol. The Morgan fingerprint density at radius 1 is 1.28 bits per heavy atom. The number of ether oxygens (including phenoxy) is 1. The maximum absolute atomic E-state index is 13.0. The second-order valence-electron chi connectivity index (χ2n) is 7.27. The summed E-state index contributed by atoms with van der Waals surface area (Å²) in [6.07, 6.45) is 4.52. The van der Waals surface area contributed by atoms with E-state index in [1.165, 1.54) is 0 Å². The van der Waals surface area contributed by atoms with Gasteiger partial charge < -0.3 is 15.0 Å². The lowest BCUT2D eigenvalue weighted by atomic mass is 9.89. The number of nitrogens with zero attached hydrogens (tertiary/aromatic N) is 1. The molecule has 25 heavy (non-hydrogen) atoms. The van der Waals surface area contributed by atoms with Gasteiger partial charge in [-0.15, -0.1) is 0 Å². The number of unbranched alkanes of at least 4 members (excludes halogenated alkanes) is 1. The molecule has 1 aliphatic carbocycles. The number of fused-ring (bicyclic) bond motifs is 1. The third-order valence-corrected chi connectivity index (χ3v) is 5.57. The number of amides is 2. The van der Waals surface area contributed by atoms with Crippen LogP contribution in [0.1, 0.15) is 49.4 Å². The number of rotatable bonds is 6. The summed E-state index contributed by atoms with van der Waals surface area (Å²) in [7, 11) is 1.88. The molecular weight excluding hydrogens is 316 g/mol. The smallest absolute Gasteiger partial charge is 0.257 e. The number of hydrogen-bond donors (Lipinski definition) is 1. The second kappa shape index (κ2) is 7.89. The van der Waals surface area contributed by atoms with E-state index < -0.39 is 0 Å². The summed E-state index contributed by atoms with van der Waals surface area (Å²) >= 11 is 0. The first kappa shape index (κ1) is 17.8. The van der Waals surface area contributed by atoms with Crippen molar-refractivity contribution in [2.75, 3.05) is 20.2 Å². The molecule has 2 aliphatic rings. The van der Waals surface area contributed by atoms with E-state index >= 15 is 0 Å². The van der Waals surface area contributed by atoms with Gasteiger partial charge in [0.15, 0.2) is 0 Å². The van der Waals surface area contributed by atoms with Crippen LogP contribution in [0.5, 0.6) is 5.75 Å². The van der Waals surface area contributed by atoms with E-state index in [0.717, 1.165) is 32.2 Å². The van der Waals surface area contributed by atoms with Gasteiger partial charge in [-0.25, -0.2) is 0 Å². The molecule has 0 radical (unpaired) electrons. The highest BCUT2D eigenvalue weighted by Gasteiger charge is 2.40. The lowest BCUT2D eigenvalue weighted by Crippen LogP contribution is -2.38. The van der Waals surface area contributed by atoms with Crippen molar-refractivity contribution in [1.82, 2.24) is 10.2 Å². The van der Waals surface area contributed by atoms with E-state index in [9.17, 15) is 9.59 Å². The quantitative estimate of drug-likeness (QED) is 0.807. The Hall–Kier alpha value is -2.04. The first-order valence-electron chi connectivity index (χ1n) is 9.35. The first-order chi connectivity index (χ1) is 12.1. The Kier molecular flexibility index (Phi) is 5.61. The van der Waals surface area contributed by atoms with Gasteiger partial charge >= 0.3 is 0 Å². The van der Waals surface area contributed by atoms with Gasteiger partial charge in [-0.1, -0.05) is 25.5 Å². The van der Waals surface area contributed by atoms with Gasteiger partial charge in [-0.3, -0.25) is 9.59 Å². The molecule has 1 heterocycles. The third-order valence-electron chi connectivity index (χ3n) is 5.57. The van der Waals surface area contributed by atoms with Crippen molar-refractivity contribution >= 4 is 11.8 Å². The van der Waals surface area contributed by atoms with E-state index in [0.29, 0.717) is 36.2 Å². The number of hydrogen-bond acceptors (Lipinski definition) is 3. The van der Waals surface area contributed by atoms with E-state index in [-0.39, 0.29) is 17.9 Å². The third kappa shape index (κ3) is 3.97. The number of carbonyl (C=O) groups is 2. The van der Waals surface area contributed by atoms with Gasteiger partial charge in [0.2, 0.25) is 5.91 Å². The number of piperidine rings is 1. The molecule has 1 aromatic carbocycles. The second-order valence-corrected chi connectivity index (χ2v) is 7.27. The minimum Gasteiger partial charge on any atom is -0.493 e.